The first kappa shape index (κ1) is 9.89. The van der Waals surface area contributed by atoms with Crippen molar-refractivity contribution >= 4 is 6.08 Å². The lowest BCUT2D eigenvalue weighted by molar-refractivity contribution is 0.550. The van der Waals surface area contributed by atoms with Crippen LogP contribution in [0.15, 0.2) is 35.2 Å². The van der Waals surface area contributed by atoms with Crippen molar-refractivity contribution in [2.45, 2.75) is 20.8 Å². The maximum absolute atomic E-state index is 4.83. The fourth-order valence-corrected chi connectivity index (χ4v) is 0.640. The van der Waals surface area contributed by atoms with E-state index in [1.165, 1.54) is 5.56 Å². The fourth-order valence-electron chi connectivity index (χ4n) is 0.640. The molecule has 0 spiro atoms. The van der Waals surface area contributed by atoms with Gasteiger partial charge in [0, 0.05) is 12.1 Å². The van der Waals surface area contributed by atoms with Gasteiger partial charge in [0.1, 0.15) is 0 Å². The Kier molecular flexibility index (Phi) is 6.30. The van der Waals surface area contributed by atoms with E-state index in [0.717, 1.165) is 0 Å². The van der Waals surface area contributed by atoms with Crippen LogP contribution in [0.3, 0.4) is 0 Å². The molecule has 0 N–H and O–H groups in total. The highest BCUT2D eigenvalue weighted by Gasteiger charge is 1.87. The van der Waals surface area contributed by atoms with E-state index in [9.17, 15) is 0 Å². The SMILES string of the molecule is C/C=C/c1cc[o+]cc1.CC. The van der Waals surface area contributed by atoms with Gasteiger partial charge in [-0.1, -0.05) is 26.0 Å². The molecule has 0 saturated heterocycles. The quantitative estimate of drug-likeness (QED) is 0.558. The van der Waals surface area contributed by atoms with E-state index in [0.29, 0.717) is 0 Å². The second-order valence-electron chi connectivity index (χ2n) is 1.74. The smallest absolute Gasteiger partial charge is 0.224 e. The highest BCUT2D eigenvalue weighted by molar-refractivity contribution is 5.46. The van der Waals surface area contributed by atoms with Crippen molar-refractivity contribution < 1.29 is 4.42 Å². The van der Waals surface area contributed by atoms with Crippen LogP contribution in [-0.2, 0) is 0 Å². The molecule has 1 rings (SSSR count). The van der Waals surface area contributed by atoms with Crippen LogP contribution < -0.4 is 0 Å². The van der Waals surface area contributed by atoms with Crippen LogP contribution >= 0.6 is 0 Å². The molecule has 1 nitrogen and oxygen atoms in total. The second-order valence-corrected chi connectivity index (χ2v) is 1.74. The Hall–Kier alpha value is -1.11. The zero-order valence-electron chi connectivity index (χ0n) is 7.37. The van der Waals surface area contributed by atoms with Crippen LogP contribution in [0.5, 0.6) is 0 Å². The minimum absolute atomic E-state index is 1.17. The largest absolute Gasteiger partial charge is 0.318 e. The molecule has 60 valence electrons. The van der Waals surface area contributed by atoms with Crippen molar-refractivity contribution in [3.8, 4) is 0 Å². The van der Waals surface area contributed by atoms with E-state index in [1.54, 1.807) is 12.5 Å². The van der Waals surface area contributed by atoms with Crippen LogP contribution in [0.1, 0.15) is 26.3 Å². The molecule has 0 bridgehead atoms. The van der Waals surface area contributed by atoms with E-state index >= 15 is 0 Å². The van der Waals surface area contributed by atoms with Gasteiger partial charge < -0.3 is 0 Å². The lowest BCUT2D eigenvalue weighted by atomic mass is 10.3. The Balaban J connectivity index is 0.000000461. The topological polar surface area (TPSA) is 11.3 Å². The average Bonchev–Trinajstić information content (AvgIpc) is 2.11. The van der Waals surface area contributed by atoms with Gasteiger partial charge in [-0.3, -0.25) is 0 Å². The molecule has 1 aromatic heterocycles. The van der Waals surface area contributed by atoms with Gasteiger partial charge in [-0.15, -0.1) is 0 Å². The Morgan fingerprint density at radius 1 is 1.18 bits per heavy atom. The number of rotatable bonds is 1. The van der Waals surface area contributed by atoms with Gasteiger partial charge in [0.15, 0.2) is 0 Å². The van der Waals surface area contributed by atoms with Crippen molar-refractivity contribution in [2.75, 3.05) is 0 Å². The Labute approximate surface area is 68.4 Å². The molecule has 1 heteroatoms. The predicted molar refractivity (Wildman–Crippen MR) is 49.2 cm³/mol. The summed E-state index contributed by atoms with van der Waals surface area (Å²) < 4.78 is 4.83. The first-order chi connectivity index (χ1) is 5.43. The number of allylic oxidation sites excluding steroid dienone is 1. The maximum atomic E-state index is 4.83. The summed E-state index contributed by atoms with van der Waals surface area (Å²) in [7, 11) is 0. The first-order valence-electron chi connectivity index (χ1n) is 3.91. The summed E-state index contributed by atoms with van der Waals surface area (Å²) in [6, 6.07) is 3.83. The minimum atomic E-state index is 1.17. The molecule has 0 saturated carbocycles. The third-order valence-electron chi connectivity index (χ3n) is 1.04. The maximum Gasteiger partial charge on any atom is 0.318 e. The van der Waals surface area contributed by atoms with Crippen molar-refractivity contribution in [1.29, 1.82) is 0 Å². The lowest BCUT2D eigenvalue weighted by Crippen LogP contribution is -1.65. The Bertz CT molecular complexity index is 189. The standard InChI is InChI=1S/C8H9O.C2H6/c1-2-3-8-4-6-9-7-5-8;1-2/h2-7H,1H3;1-2H3/q+1;/b3-2+;. The van der Waals surface area contributed by atoms with Gasteiger partial charge in [-0.2, -0.15) is 0 Å². The second kappa shape index (κ2) is 7.00. The summed E-state index contributed by atoms with van der Waals surface area (Å²) in [4.78, 5) is 0. The van der Waals surface area contributed by atoms with Crippen LogP contribution in [0, 0.1) is 0 Å². The van der Waals surface area contributed by atoms with Gasteiger partial charge in [0.25, 0.3) is 0 Å². The zero-order chi connectivity index (χ0) is 8.53. The van der Waals surface area contributed by atoms with E-state index in [4.69, 9.17) is 4.42 Å². The third kappa shape index (κ3) is 4.31. The van der Waals surface area contributed by atoms with Crippen LogP contribution in [0.25, 0.3) is 6.08 Å². The Morgan fingerprint density at radius 3 is 2.18 bits per heavy atom. The van der Waals surface area contributed by atoms with Gasteiger partial charge >= 0.3 is 12.5 Å². The summed E-state index contributed by atoms with van der Waals surface area (Å²) in [5, 5.41) is 0. The number of hydrogen-bond donors (Lipinski definition) is 0. The molecule has 0 fully saturated rings. The summed E-state index contributed by atoms with van der Waals surface area (Å²) in [6.45, 7) is 5.99. The molecule has 11 heavy (non-hydrogen) atoms. The number of hydrogen-bond acceptors (Lipinski definition) is 0. The van der Waals surface area contributed by atoms with Gasteiger partial charge in [-0.25, -0.2) is 4.42 Å². The Morgan fingerprint density at radius 2 is 1.73 bits per heavy atom. The lowest BCUT2D eigenvalue weighted by Gasteiger charge is -1.79. The molecule has 0 aromatic carbocycles. The predicted octanol–water partition coefficient (Wildman–Crippen LogP) is 3.62. The summed E-state index contributed by atoms with van der Waals surface area (Å²) in [5.41, 5.74) is 1.17. The van der Waals surface area contributed by atoms with Crippen LogP contribution in [0.4, 0.5) is 0 Å². The van der Waals surface area contributed by atoms with Crippen molar-refractivity contribution in [3.05, 3.63) is 36.3 Å². The van der Waals surface area contributed by atoms with E-state index in [1.807, 2.05) is 45.1 Å². The molecular weight excluding hydrogens is 136 g/mol. The van der Waals surface area contributed by atoms with Crippen LogP contribution in [0.2, 0.25) is 0 Å². The molecule has 1 heterocycles. The normalized spacial score (nSPS) is 9.00. The van der Waals surface area contributed by atoms with Gasteiger partial charge in [-0.05, 0) is 12.5 Å². The van der Waals surface area contributed by atoms with Crippen molar-refractivity contribution in [2.24, 2.45) is 0 Å². The average molecular weight is 151 g/mol. The molecule has 0 aliphatic carbocycles. The molecule has 0 atom stereocenters. The molecular formula is C10H15O+. The van der Waals surface area contributed by atoms with Gasteiger partial charge in [0.2, 0.25) is 0 Å². The fraction of sp³-hybridized carbons (Fsp3) is 0.300. The third-order valence-corrected chi connectivity index (χ3v) is 1.04. The van der Waals surface area contributed by atoms with Crippen LogP contribution in [-0.4, -0.2) is 0 Å². The van der Waals surface area contributed by atoms with E-state index in [2.05, 4.69) is 0 Å². The highest BCUT2D eigenvalue weighted by Crippen LogP contribution is 1.99. The van der Waals surface area contributed by atoms with Gasteiger partial charge in [0.05, 0.1) is 0 Å². The van der Waals surface area contributed by atoms with E-state index in [-0.39, 0.29) is 0 Å². The molecule has 0 unspecified atom stereocenters. The molecule has 0 radical (unpaired) electrons. The van der Waals surface area contributed by atoms with Crippen molar-refractivity contribution in [1.82, 2.24) is 0 Å². The minimum Gasteiger partial charge on any atom is -0.224 e. The van der Waals surface area contributed by atoms with E-state index < -0.39 is 0 Å². The first-order valence-corrected chi connectivity index (χ1v) is 3.91. The molecule has 0 amide bonds. The summed E-state index contributed by atoms with van der Waals surface area (Å²) in [6.07, 6.45) is 7.34. The monoisotopic (exact) mass is 151 g/mol. The molecule has 0 aliphatic heterocycles. The van der Waals surface area contributed by atoms with Crippen molar-refractivity contribution in [3.63, 3.8) is 0 Å². The highest BCUT2D eigenvalue weighted by atomic mass is 16.3. The summed E-state index contributed by atoms with van der Waals surface area (Å²) in [5.74, 6) is 0. The molecule has 1 aromatic rings. The summed E-state index contributed by atoms with van der Waals surface area (Å²) >= 11 is 0. The zero-order valence-corrected chi connectivity index (χ0v) is 7.37. The molecule has 0 aliphatic rings.